The molecule has 1 atom stereocenters. The number of nitrogens with zero attached hydrogens (tertiary/aromatic N) is 1. The second-order valence-corrected chi connectivity index (χ2v) is 8.18. The van der Waals surface area contributed by atoms with E-state index in [2.05, 4.69) is 14.8 Å². The molecule has 0 saturated heterocycles. The minimum absolute atomic E-state index is 0.187. The van der Waals surface area contributed by atoms with E-state index in [0.717, 1.165) is 54.8 Å². The molecule has 0 spiro atoms. The third-order valence-electron chi connectivity index (χ3n) is 4.59. The Kier molecular flexibility index (Phi) is 11.4. The fraction of sp³-hybridized carbons (Fsp3) is 0.476. The van der Waals surface area contributed by atoms with Crippen LogP contribution in [0.2, 0.25) is 5.02 Å². The Hall–Kier alpha value is -1.30. The Morgan fingerprint density at radius 1 is 1.10 bits per heavy atom. The van der Waals surface area contributed by atoms with Gasteiger partial charge in [-0.2, -0.15) is 0 Å². The highest BCUT2D eigenvalue weighted by molar-refractivity contribution is 7.32. The topological polar surface area (TPSA) is 71.5 Å². The van der Waals surface area contributed by atoms with E-state index in [1.54, 1.807) is 0 Å². The smallest absolute Gasteiger partial charge is 0.316 e. The third-order valence-corrected chi connectivity index (χ3v) is 5.39. The van der Waals surface area contributed by atoms with Crippen LogP contribution in [-0.2, 0) is 28.5 Å². The zero-order valence-corrected chi connectivity index (χ0v) is 18.3. The largest absolute Gasteiger partial charge is 0.326 e. The lowest BCUT2D eigenvalue weighted by molar-refractivity contribution is 0.276. The minimum Gasteiger partial charge on any atom is -0.326 e. The molecule has 0 fully saturated rings. The van der Waals surface area contributed by atoms with Crippen molar-refractivity contribution in [2.75, 3.05) is 13.2 Å². The zero-order valence-electron chi connectivity index (χ0n) is 16.5. The molecule has 8 heteroatoms. The van der Waals surface area contributed by atoms with Crippen LogP contribution >= 0.6 is 19.9 Å². The average Bonchev–Trinajstić information content (AvgIpc) is 2.69. The van der Waals surface area contributed by atoms with Gasteiger partial charge in [-0.15, -0.1) is 0 Å². The number of halogens is 2. The summed E-state index contributed by atoms with van der Waals surface area (Å²) in [7, 11) is -2.83. The van der Waals surface area contributed by atoms with Gasteiger partial charge in [0.15, 0.2) is 0 Å². The Morgan fingerprint density at radius 3 is 2.52 bits per heavy atom. The van der Waals surface area contributed by atoms with Crippen molar-refractivity contribution in [2.45, 2.75) is 51.5 Å². The molecular weight excluding hydrogens is 414 g/mol. The first-order chi connectivity index (χ1) is 14.0. The second kappa shape index (κ2) is 13.8. The molecule has 1 unspecified atom stereocenters. The summed E-state index contributed by atoms with van der Waals surface area (Å²) in [5.74, 6) is -0.187. The molecule has 0 radical (unpaired) electrons. The summed E-state index contributed by atoms with van der Waals surface area (Å²) in [4.78, 5) is 13.0. The molecule has 0 aliphatic carbocycles. The SMILES string of the molecule is O=[PH](O)OCCCNCc1cc(Cl)c(CCCCCCc2ccc(F)cc2)cn1. The monoisotopic (exact) mass is 442 g/mol. The van der Waals surface area contributed by atoms with E-state index in [1.165, 1.54) is 17.7 Å². The van der Waals surface area contributed by atoms with Crippen LogP contribution in [0.3, 0.4) is 0 Å². The molecule has 2 rings (SSSR count). The van der Waals surface area contributed by atoms with Crippen LogP contribution < -0.4 is 5.32 Å². The second-order valence-electron chi connectivity index (χ2n) is 6.95. The number of pyridine rings is 1. The van der Waals surface area contributed by atoms with E-state index < -0.39 is 8.25 Å². The molecule has 2 aromatic rings. The van der Waals surface area contributed by atoms with Crippen molar-refractivity contribution >= 4 is 19.9 Å². The van der Waals surface area contributed by atoms with Gasteiger partial charge in [-0.25, -0.2) is 4.39 Å². The molecule has 1 aromatic heterocycles. The van der Waals surface area contributed by atoms with Gasteiger partial charge in [-0.3, -0.25) is 9.55 Å². The van der Waals surface area contributed by atoms with Gasteiger partial charge in [-0.1, -0.05) is 36.6 Å². The number of nitrogens with one attached hydrogen (secondary N) is 1. The highest BCUT2D eigenvalue weighted by atomic mass is 35.5. The van der Waals surface area contributed by atoms with Gasteiger partial charge < -0.3 is 14.7 Å². The highest BCUT2D eigenvalue weighted by Crippen LogP contribution is 2.19. The number of hydrogen-bond acceptors (Lipinski definition) is 4. The zero-order chi connectivity index (χ0) is 20.9. The highest BCUT2D eigenvalue weighted by Gasteiger charge is 2.04. The maximum atomic E-state index is 12.9. The van der Waals surface area contributed by atoms with Crippen molar-refractivity contribution in [1.82, 2.24) is 10.3 Å². The Morgan fingerprint density at radius 2 is 1.83 bits per heavy atom. The van der Waals surface area contributed by atoms with E-state index >= 15 is 0 Å². The molecule has 5 nitrogen and oxygen atoms in total. The lowest BCUT2D eigenvalue weighted by Crippen LogP contribution is -2.16. The fourth-order valence-electron chi connectivity index (χ4n) is 3.00. The molecule has 0 aliphatic heterocycles. The summed E-state index contributed by atoms with van der Waals surface area (Å²) >= 11 is 6.38. The predicted octanol–water partition coefficient (Wildman–Crippen LogP) is 5.10. The van der Waals surface area contributed by atoms with Crippen molar-refractivity contribution < 1.29 is 18.4 Å². The van der Waals surface area contributed by atoms with E-state index in [9.17, 15) is 8.96 Å². The van der Waals surface area contributed by atoms with Gasteiger partial charge in [0.2, 0.25) is 0 Å². The molecule has 2 N–H and O–H groups in total. The summed E-state index contributed by atoms with van der Waals surface area (Å²) in [5, 5.41) is 3.95. The van der Waals surface area contributed by atoms with Gasteiger partial charge in [0, 0.05) is 17.8 Å². The Bertz CT molecular complexity index is 762. The van der Waals surface area contributed by atoms with Crippen LogP contribution in [0, 0.1) is 5.82 Å². The predicted molar refractivity (Wildman–Crippen MR) is 115 cm³/mol. The molecule has 1 aromatic carbocycles. The summed E-state index contributed by atoms with van der Waals surface area (Å²) in [6, 6.07) is 8.62. The first-order valence-corrected chi connectivity index (χ1v) is 11.6. The number of aromatic nitrogens is 1. The van der Waals surface area contributed by atoms with Gasteiger partial charge in [0.1, 0.15) is 5.82 Å². The quantitative estimate of drug-likeness (QED) is 0.314. The molecule has 0 amide bonds. The molecule has 0 saturated carbocycles. The van der Waals surface area contributed by atoms with Gasteiger partial charge in [0.05, 0.1) is 12.3 Å². The standard InChI is InChI=1S/C21H29ClFN2O3P/c22-21-14-20(16-24-12-5-13-28-29(26)27)25-15-18(21)7-4-2-1-3-6-17-8-10-19(23)11-9-17/h8-11,14-15,24,29H,1-7,12-13,16H2,(H,26,27). The maximum absolute atomic E-state index is 12.9. The molecule has 1 heterocycles. The molecule has 0 bridgehead atoms. The first kappa shape index (κ1) is 24.0. The maximum Gasteiger partial charge on any atom is 0.316 e. The van der Waals surface area contributed by atoms with Crippen molar-refractivity contribution in [3.63, 3.8) is 0 Å². The van der Waals surface area contributed by atoms with Crippen molar-refractivity contribution in [1.29, 1.82) is 0 Å². The molecule has 160 valence electrons. The van der Waals surface area contributed by atoms with E-state index in [1.807, 2.05) is 24.4 Å². The lowest BCUT2D eigenvalue weighted by Gasteiger charge is -2.08. The Labute approximate surface area is 177 Å². The fourth-order valence-corrected chi connectivity index (χ4v) is 3.59. The Balaban J connectivity index is 1.58. The number of unbranched alkanes of at least 4 members (excludes halogenated alkanes) is 3. The van der Waals surface area contributed by atoms with Crippen LogP contribution in [0.15, 0.2) is 36.5 Å². The summed E-state index contributed by atoms with van der Waals surface area (Å²) < 4.78 is 27.9. The lowest BCUT2D eigenvalue weighted by atomic mass is 10.0. The van der Waals surface area contributed by atoms with Gasteiger partial charge in [-0.05, 0) is 68.0 Å². The van der Waals surface area contributed by atoms with E-state index in [4.69, 9.17) is 16.5 Å². The summed E-state index contributed by atoms with van der Waals surface area (Å²) in [6.07, 6.45) is 8.83. The van der Waals surface area contributed by atoms with Crippen LogP contribution in [0.1, 0.15) is 48.9 Å². The van der Waals surface area contributed by atoms with Crippen molar-refractivity contribution in [2.24, 2.45) is 0 Å². The average molecular weight is 443 g/mol. The van der Waals surface area contributed by atoms with Crippen LogP contribution in [0.25, 0.3) is 0 Å². The number of benzene rings is 1. The van der Waals surface area contributed by atoms with Crippen LogP contribution in [0.4, 0.5) is 4.39 Å². The van der Waals surface area contributed by atoms with Crippen molar-refractivity contribution in [3.8, 4) is 0 Å². The van der Waals surface area contributed by atoms with Crippen LogP contribution in [0.5, 0.6) is 0 Å². The number of rotatable bonds is 14. The summed E-state index contributed by atoms with van der Waals surface area (Å²) in [6.45, 7) is 1.53. The molecule has 29 heavy (non-hydrogen) atoms. The molecule has 0 aliphatic rings. The number of hydrogen-bond donors (Lipinski definition) is 2. The van der Waals surface area contributed by atoms with Gasteiger partial charge >= 0.3 is 8.25 Å². The van der Waals surface area contributed by atoms with Crippen molar-refractivity contribution in [3.05, 3.63) is 64.2 Å². The third kappa shape index (κ3) is 10.3. The van der Waals surface area contributed by atoms with Crippen LogP contribution in [-0.4, -0.2) is 23.0 Å². The number of aryl methyl sites for hydroxylation is 2. The van der Waals surface area contributed by atoms with Gasteiger partial charge in [0.25, 0.3) is 0 Å². The van der Waals surface area contributed by atoms with E-state index in [-0.39, 0.29) is 12.4 Å². The normalized spacial score (nSPS) is 12.2. The summed E-state index contributed by atoms with van der Waals surface area (Å²) in [5.41, 5.74) is 3.12. The first-order valence-electron chi connectivity index (χ1n) is 9.99. The molecular formula is C21H29ClFN2O3P. The van der Waals surface area contributed by atoms with E-state index in [0.29, 0.717) is 19.5 Å². The minimum atomic E-state index is -2.83.